The van der Waals surface area contributed by atoms with Crippen LogP contribution in [-0.4, -0.2) is 46.0 Å². The van der Waals surface area contributed by atoms with Gasteiger partial charge in [-0.1, -0.05) is 36.4 Å². The summed E-state index contributed by atoms with van der Waals surface area (Å²) in [7, 11) is 0. The fraction of sp³-hybridized carbons (Fsp3) is 0.300. The SMILES string of the molecule is CCN1C(=O)C2C(C1=O)C(c1ccccc1)N(C(=O)c1cccs1)C2C(N)=O. The van der Waals surface area contributed by atoms with Gasteiger partial charge in [0.1, 0.15) is 6.04 Å². The fourth-order valence-electron chi connectivity index (χ4n) is 4.38. The Morgan fingerprint density at radius 1 is 1.04 bits per heavy atom. The number of primary amides is 1. The van der Waals surface area contributed by atoms with Crippen molar-refractivity contribution in [2.45, 2.75) is 19.0 Å². The number of nitrogens with two attached hydrogens (primary N) is 1. The van der Waals surface area contributed by atoms with Crippen LogP contribution in [0.2, 0.25) is 0 Å². The maximum Gasteiger partial charge on any atom is 0.265 e. The van der Waals surface area contributed by atoms with Crippen molar-refractivity contribution in [2.24, 2.45) is 17.6 Å². The molecular weight excluding hydrogens is 378 g/mol. The summed E-state index contributed by atoms with van der Waals surface area (Å²) in [6.45, 7) is 1.93. The van der Waals surface area contributed by atoms with Gasteiger partial charge in [-0.15, -0.1) is 11.3 Å². The summed E-state index contributed by atoms with van der Waals surface area (Å²) >= 11 is 1.24. The molecule has 2 N–H and O–H groups in total. The van der Waals surface area contributed by atoms with Gasteiger partial charge in [0.15, 0.2) is 0 Å². The maximum atomic E-state index is 13.3. The molecule has 4 atom stereocenters. The molecule has 2 aromatic rings. The highest BCUT2D eigenvalue weighted by Crippen LogP contribution is 2.50. The van der Waals surface area contributed by atoms with E-state index in [0.717, 1.165) is 4.90 Å². The minimum atomic E-state index is -1.17. The van der Waals surface area contributed by atoms with E-state index in [0.29, 0.717) is 10.4 Å². The number of hydrogen-bond donors (Lipinski definition) is 1. The van der Waals surface area contributed by atoms with Crippen LogP contribution in [0, 0.1) is 11.8 Å². The largest absolute Gasteiger partial charge is 0.368 e. The highest BCUT2D eigenvalue weighted by atomic mass is 32.1. The zero-order chi connectivity index (χ0) is 20.0. The van der Waals surface area contributed by atoms with Crippen LogP contribution in [0.4, 0.5) is 0 Å². The summed E-state index contributed by atoms with van der Waals surface area (Å²) in [5, 5.41) is 1.76. The molecule has 4 rings (SSSR count). The number of likely N-dealkylation sites (tertiary alicyclic amines) is 2. The molecular formula is C20H19N3O4S. The number of nitrogens with zero attached hydrogens (tertiary/aromatic N) is 2. The Kier molecular flexibility index (Phi) is 4.50. The number of rotatable bonds is 4. The van der Waals surface area contributed by atoms with E-state index in [2.05, 4.69) is 0 Å². The molecule has 1 aromatic carbocycles. The molecule has 2 saturated heterocycles. The minimum absolute atomic E-state index is 0.219. The number of fused-ring (bicyclic) bond motifs is 1. The molecule has 0 saturated carbocycles. The van der Waals surface area contributed by atoms with Gasteiger partial charge in [-0.2, -0.15) is 0 Å². The molecule has 8 heteroatoms. The van der Waals surface area contributed by atoms with E-state index in [-0.39, 0.29) is 12.5 Å². The monoisotopic (exact) mass is 397 g/mol. The van der Waals surface area contributed by atoms with Crippen molar-refractivity contribution in [3.8, 4) is 0 Å². The average Bonchev–Trinajstić information content (AvgIpc) is 3.38. The summed E-state index contributed by atoms with van der Waals surface area (Å²) in [4.78, 5) is 54.6. The zero-order valence-electron chi connectivity index (χ0n) is 15.1. The third-order valence-corrected chi connectivity index (χ3v) is 6.34. The van der Waals surface area contributed by atoms with Gasteiger partial charge in [0, 0.05) is 6.54 Å². The van der Waals surface area contributed by atoms with E-state index in [1.165, 1.54) is 16.2 Å². The Balaban J connectivity index is 1.90. The first-order chi connectivity index (χ1) is 13.5. The van der Waals surface area contributed by atoms with Crippen molar-refractivity contribution in [3.05, 3.63) is 58.3 Å². The van der Waals surface area contributed by atoms with Gasteiger partial charge in [0.25, 0.3) is 5.91 Å². The summed E-state index contributed by atoms with van der Waals surface area (Å²) in [6, 6.07) is 10.5. The van der Waals surface area contributed by atoms with Gasteiger partial charge in [-0.3, -0.25) is 24.1 Å². The molecule has 1 aromatic heterocycles. The van der Waals surface area contributed by atoms with Crippen molar-refractivity contribution < 1.29 is 19.2 Å². The molecule has 0 radical (unpaired) electrons. The number of imide groups is 1. The number of carbonyl (C=O) groups is 4. The normalized spacial score (nSPS) is 26.6. The van der Waals surface area contributed by atoms with E-state index in [1.807, 2.05) is 6.07 Å². The van der Waals surface area contributed by atoms with Gasteiger partial charge in [0.05, 0.1) is 22.8 Å². The van der Waals surface area contributed by atoms with E-state index in [1.54, 1.807) is 48.7 Å². The van der Waals surface area contributed by atoms with Crippen molar-refractivity contribution >= 4 is 35.0 Å². The second-order valence-electron chi connectivity index (χ2n) is 6.86. The van der Waals surface area contributed by atoms with Crippen LogP contribution in [0.1, 0.15) is 28.2 Å². The predicted octanol–water partition coefficient (Wildman–Crippen LogP) is 1.42. The quantitative estimate of drug-likeness (QED) is 0.789. The lowest BCUT2D eigenvalue weighted by Crippen LogP contribution is -2.50. The van der Waals surface area contributed by atoms with Crippen LogP contribution >= 0.6 is 11.3 Å². The Labute approximate surface area is 165 Å². The van der Waals surface area contributed by atoms with Gasteiger partial charge < -0.3 is 10.6 Å². The summed E-state index contributed by atoms with van der Waals surface area (Å²) in [6.07, 6.45) is 0. The van der Waals surface area contributed by atoms with Crippen LogP contribution in [-0.2, 0) is 14.4 Å². The molecule has 28 heavy (non-hydrogen) atoms. The third-order valence-electron chi connectivity index (χ3n) is 5.48. The highest BCUT2D eigenvalue weighted by Gasteiger charge is 2.64. The number of hydrogen-bond acceptors (Lipinski definition) is 5. The molecule has 0 aliphatic carbocycles. The first kappa shape index (κ1) is 18.4. The first-order valence-electron chi connectivity index (χ1n) is 9.03. The van der Waals surface area contributed by atoms with Crippen LogP contribution in [0.25, 0.3) is 0 Å². The van der Waals surface area contributed by atoms with Gasteiger partial charge in [-0.25, -0.2) is 0 Å². The number of carbonyl (C=O) groups excluding carboxylic acids is 4. The Hall–Kier alpha value is -3.00. The maximum absolute atomic E-state index is 13.3. The van der Waals surface area contributed by atoms with Crippen molar-refractivity contribution in [1.82, 2.24) is 9.80 Å². The highest BCUT2D eigenvalue weighted by molar-refractivity contribution is 7.12. The molecule has 2 aliphatic rings. The summed E-state index contributed by atoms with van der Waals surface area (Å²) in [5.74, 6) is -3.76. The molecule has 2 fully saturated rings. The lowest BCUT2D eigenvalue weighted by Gasteiger charge is -2.32. The topological polar surface area (TPSA) is 101 Å². The first-order valence-corrected chi connectivity index (χ1v) is 9.91. The second-order valence-corrected chi connectivity index (χ2v) is 7.81. The molecule has 4 amide bonds. The summed E-state index contributed by atoms with van der Waals surface area (Å²) < 4.78 is 0. The van der Waals surface area contributed by atoms with Crippen molar-refractivity contribution in [2.75, 3.05) is 6.54 Å². The third kappa shape index (κ3) is 2.56. The van der Waals surface area contributed by atoms with Gasteiger partial charge in [0.2, 0.25) is 17.7 Å². The lowest BCUT2D eigenvalue weighted by molar-refractivity contribution is -0.142. The van der Waals surface area contributed by atoms with Gasteiger partial charge in [-0.05, 0) is 23.9 Å². The van der Waals surface area contributed by atoms with Crippen LogP contribution in [0.5, 0.6) is 0 Å². The zero-order valence-corrected chi connectivity index (χ0v) is 16.0. The molecule has 0 bridgehead atoms. The standard InChI is InChI=1S/C20H19N3O4S/c1-2-22-19(26)13-14(20(22)27)16(17(21)24)23(18(25)12-9-6-10-28-12)15(13)11-7-4-3-5-8-11/h3-10,13-16H,2H2,1H3,(H2,21,24). The molecule has 0 spiro atoms. The minimum Gasteiger partial charge on any atom is -0.368 e. The van der Waals surface area contributed by atoms with Crippen molar-refractivity contribution in [3.63, 3.8) is 0 Å². The van der Waals surface area contributed by atoms with Gasteiger partial charge >= 0.3 is 0 Å². The van der Waals surface area contributed by atoms with E-state index < -0.39 is 41.6 Å². The molecule has 2 aliphatic heterocycles. The Morgan fingerprint density at radius 3 is 2.29 bits per heavy atom. The number of thiophene rings is 1. The molecule has 4 unspecified atom stereocenters. The molecule has 3 heterocycles. The van der Waals surface area contributed by atoms with Crippen molar-refractivity contribution in [1.29, 1.82) is 0 Å². The summed E-state index contributed by atoms with van der Waals surface area (Å²) in [5.41, 5.74) is 6.36. The van der Waals surface area contributed by atoms with Crippen LogP contribution < -0.4 is 5.73 Å². The van der Waals surface area contributed by atoms with E-state index >= 15 is 0 Å². The molecule has 144 valence electrons. The average molecular weight is 397 g/mol. The number of amides is 4. The predicted molar refractivity (Wildman–Crippen MR) is 102 cm³/mol. The number of benzene rings is 1. The Morgan fingerprint density at radius 2 is 1.71 bits per heavy atom. The fourth-order valence-corrected chi connectivity index (χ4v) is 5.05. The second kappa shape index (κ2) is 6.87. The smallest absolute Gasteiger partial charge is 0.265 e. The van der Waals surface area contributed by atoms with Crippen LogP contribution in [0.3, 0.4) is 0 Å². The van der Waals surface area contributed by atoms with E-state index in [9.17, 15) is 19.2 Å². The van der Waals surface area contributed by atoms with E-state index in [4.69, 9.17) is 5.73 Å². The lowest BCUT2D eigenvalue weighted by atomic mass is 9.86. The Bertz CT molecular complexity index is 944. The van der Waals surface area contributed by atoms with Crippen LogP contribution in [0.15, 0.2) is 47.8 Å². The molecule has 7 nitrogen and oxygen atoms in total.